The van der Waals surface area contributed by atoms with Crippen molar-refractivity contribution < 1.29 is 19.4 Å². The molecule has 1 aromatic heterocycles. The lowest BCUT2D eigenvalue weighted by Gasteiger charge is -2.10. The lowest BCUT2D eigenvalue weighted by Crippen LogP contribution is -2.04. The van der Waals surface area contributed by atoms with Gasteiger partial charge in [0, 0.05) is 18.7 Å². The first kappa shape index (κ1) is 15.2. The molecule has 21 heavy (non-hydrogen) atoms. The predicted octanol–water partition coefficient (Wildman–Crippen LogP) is 2.67. The van der Waals surface area contributed by atoms with Gasteiger partial charge in [0.25, 0.3) is 0 Å². The average Bonchev–Trinajstić information content (AvgIpc) is 2.69. The number of aromatic nitrogens is 2. The molecule has 7 heteroatoms. The van der Waals surface area contributed by atoms with E-state index in [4.69, 9.17) is 21.1 Å². The van der Waals surface area contributed by atoms with Crippen LogP contribution in [0.4, 0.5) is 0 Å². The summed E-state index contributed by atoms with van der Waals surface area (Å²) < 4.78 is 12.2. The number of methoxy groups -OCH3 is 1. The molecular weight excluding hydrogens is 296 g/mol. The van der Waals surface area contributed by atoms with E-state index in [2.05, 4.69) is 5.10 Å². The van der Waals surface area contributed by atoms with Crippen molar-refractivity contribution in [2.24, 2.45) is 7.05 Å². The SMILES string of the molecule is COc1ccc(C(=O)O)c(OCc2c(C)nn(C)c2Cl)c1. The summed E-state index contributed by atoms with van der Waals surface area (Å²) in [4.78, 5) is 11.2. The van der Waals surface area contributed by atoms with Crippen LogP contribution in [-0.2, 0) is 13.7 Å². The number of rotatable bonds is 5. The molecule has 0 saturated heterocycles. The maximum atomic E-state index is 11.2. The normalized spacial score (nSPS) is 10.5. The van der Waals surface area contributed by atoms with Crippen molar-refractivity contribution in [3.05, 3.63) is 40.2 Å². The van der Waals surface area contributed by atoms with Crippen molar-refractivity contribution in [2.75, 3.05) is 7.11 Å². The fraction of sp³-hybridized carbons (Fsp3) is 0.286. The fourth-order valence-corrected chi connectivity index (χ4v) is 2.14. The first-order chi connectivity index (χ1) is 9.93. The van der Waals surface area contributed by atoms with E-state index in [1.54, 1.807) is 17.8 Å². The molecule has 1 aromatic carbocycles. The molecule has 0 amide bonds. The van der Waals surface area contributed by atoms with Crippen molar-refractivity contribution in [2.45, 2.75) is 13.5 Å². The van der Waals surface area contributed by atoms with Gasteiger partial charge in [-0.1, -0.05) is 11.6 Å². The third-order valence-electron chi connectivity index (χ3n) is 3.06. The van der Waals surface area contributed by atoms with E-state index in [0.717, 1.165) is 11.3 Å². The highest BCUT2D eigenvalue weighted by Gasteiger charge is 2.16. The van der Waals surface area contributed by atoms with Gasteiger partial charge in [-0.05, 0) is 19.1 Å². The molecule has 0 unspecified atom stereocenters. The zero-order valence-electron chi connectivity index (χ0n) is 11.9. The number of carboxylic acid groups (broad SMARTS) is 1. The Bertz CT molecular complexity index is 682. The standard InChI is InChI=1S/C14H15ClN2O4/c1-8-11(13(15)17(2)16-8)7-21-12-6-9(20-3)4-5-10(12)14(18)19/h4-6H,7H2,1-3H3,(H,18,19). The molecule has 0 aliphatic heterocycles. The Kier molecular flexibility index (Phi) is 4.37. The Balaban J connectivity index is 2.28. The second kappa shape index (κ2) is 6.05. The second-order valence-electron chi connectivity index (χ2n) is 4.43. The van der Waals surface area contributed by atoms with Gasteiger partial charge in [-0.2, -0.15) is 5.10 Å². The number of aromatic carboxylic acids is 1. The minimum atomic E-state index is -1.07. The van der Waals surface area contributed by atoms with Crippen molar-refractivity contribution in [1.82, 2.24) is 9.78 Å². The number of nitrogens with zero attached hydrogens (tertiary/aromatic N) is 2. The van der Waals surface area contributed by atoms with E-state index in [1.807, 2.05) is 6.92 Å². The minimum Gasteiger partial charge on any atom is -0.497 e. The molecule has 112 valence electrons. The van der Waals surface area contributed by atoms with Gasteiger partial charge in [-0.15, -0.1) is 0 Å². The number of carboxylic acids is 1. The molecule has 0 bridgehead atoms. The van der Waals surface area contributed by atoms with Crippen LogP contribution in [0.25, 0.3) is 0 Å². The van der Waals surface area contributed by atoms with Gasteiger partial charge in [0.05, 0.1) is 12.8 Å². The van der Waals surface area contributed by atoms with Gasteiger partial charge in [0.15, 0.2) is 0 Å². The Hall–Kier alpha value is -2.21. The highest BCUT2D eigenvalue weighted by atomic mass is 35.5. The van der Waals surface area contributed by atoms with E-state index in [0.29, 0.717) is 10.9 Å². The van der Waals surface area contributed by atoms with Gasteiger partial charge >= 0.3 is 5.97 Å². The van der Waals surface area contributed by atoms with E-state index in [-0.39, 0.29) is 17.9 Å². The number of benzene rings is 1. The van der Waals surface area contributed by atoms with Crippen molar-refractivity contribution in [1.29, 1.82) is 0 Å². The van der Waals surface area contributed by atoms with Crippen molar-refractivity contribution in [3.8, 4) is 11.5 Å². The Morgan fingerprint density at radius 3 is 2.71 bits per heavy atom. The highest BCUT2D eigenvalue weighted by molar-refractivity contribution is 6.30. The summed E-state index contributed by atoms with van der Waals surface area (Å²) >= 11 is 6.12. The number of aryl methyl sites for hydroxylation is 2. The van der Waals surface area contributed by atoms with Gasteiger partial charge in [0.2, 0.25) is 0 Å². The molecule has 0 aliphatic rings. The van der Waals surface area contributed by atoms with Crippen LogP contribution in [0.1, 0.15) is 21.6 Å². The van der Waals surface area contributed by atoms with Gasteiger partial charge in [-0.25, -0.2) is 4.79 Å². The quantitative estimate of drug-likeness (QED) is 0.919. The number of ether oxygens (including phenoxy) is 2. The van der Waals surface area contributed by atoms with Crippen molar-refractivity contribution >= 4 is 17.6 Å². The van der Waals surface area contributed by atoms with Crippen LogP contribution in [-0.4, -0.2) is 28.0 Å². The Morgan fingerprint density at radius 2 is 2.19 bits per heavy atom. The van der Waals surface area contributed by atoms with Gasteiger partial charge in [-0.3, -0.25) is 4.68 Å². The lowest BCUT2D eigenvalue weighted by atomic mass is 10.2. The highest BCUT2D eigenvalue weighted by Crippen LogP contribution is 2.27. The summed E-state index contributed by atoms with van der Waals surface area (Å²) in [6.07, 6.45) is 0. The summed E-state index contributed by atoms with van der Waals surface area (Å²) in [5, 5.41) is 13.8. The number of halogens is 1. The number of hydrogen-bond acceptors (Lipinski definition) is 4. The molecule has 0 radical (unpaired) electrons. The lowest BCUT2D eigenvalue weighted by molar-refractivity contribution is 0.0691. The molecule has 2 aromatic rings. The van der Waals surface area contributed by atoms with E-state index in [9.17, 15) is 9.90 Å². The summed E-state index contributed by atoms with van der Waals surface area (Å²) in [5.74, 6) is -0.327. The molecule has 6 nitrogen and oxygen atoms in total. The molecular formula is C14H15ClN2O4. The molecule has 0 aliphatic carbocycles. The third-order valence-corrected chi connectivity index (χ3v) is 3.53. The second-order valence-corrected chi connectivity index (χ2v) is 4.79. The molecule has 2 rings (SSSR count). The van der Waals surface area contributed by atoms with E-state index < -0.39 is 5.97 Å². The summed E-state index contributed by atoms with van der Waals surface area (Å²) in [6, 6.07) is 4.54. The van der Waals surface area contributed by atoms with Crippen LogP contribution >= 0.6 is 11.6 Å². The predicted molar refractivity (Wildman–Crippen MR) is 77.2 cm³/mol. The van der Waals surface area contributed by atoms with Crippen LogP contribution in [0.3, 0.4) is 0 Å². The summed E-state index contributed by atoms with van der Waals surface area (Å²) in [5.41, 5.74) is 1.52. The largest absolute Gasteiger partial charge is 0.497 e. The topological polar surface area (TPSA) is 73.6 Å². The fourth-order valence-electron chi connectivity index (χ4n) is 1.91. The van der Waals surface area contributed by atoms with E-state index in [1.165, 1.54) is 19.2 Å². The molecule has 0 fully saturated rings. The van der Waals surface area contributed by atoms with E-state index >= 15 is 0 Å². The minimum absolute atomic E-state index is 0.0634. The summed E-state index contributed by atoms with van der Waals surface area (Å²) in [6.45, 7) is 1.94. The maximum absolute atomic E-state index is 11.2. The van der Waals surface area contributed by atoms with Crippen LogP contribution in [0.15, 0.2) is 18.2 Å². The van der Waals surface area contributed by atoms with Crippen LogP contribution in [0.2, 0.25) is 5.15 Å². The van der Waals surface area contributed by atoms with Crippen LogP contribution in [0, 0.1) is 6.92 Å². The Labute approximate surface area is 126 Å². The van der Waals surface area contributed by atoms with Crippen LogP contribution < -0.4 is 9.47 Å². The first-order valence-corrected chi connectivity index (χ1v) is 6.54. The first-order valence-electron chi connectivity index (χ1n) is 6.16. The zero-order valence-corrected chi connectivity index (χ0v) is 12.6. The number of hydrogen-bond donors (Lipinski definition) is 1. The smallest absolute Gasteiger partial charge is 0.339 e. The molecule has 0 saturated carbocycles. The van der Waals surface area contributed by atoms with Crippen molar-refractivity contribution in [3.63, 3.8) is 0 Å². The monoisotopic (exact) mass is 310 g/mol. The van der Waals surface area contributed by atoms with Crippen LogP contribution in [0.5, 0.6) is 11.5 Å². The maximum Gasteiger partial charge on any atom is 0.339 e. The molecule has 1 N–H and O–H groups in total. The Morgan fingerprint density at radius 1 is 1.48 bits per heavy atom. The molecule has 0 atom stereocenters. The van der Waals surface area contributed by atoms with Gasteiger partial charge in [0.1, 0.15) is 28.8 Å². The molecule has 0 spiro atoms. The zero-order chi connectivity index (χ0) is 15.6. The number of carbonyl (C=O) groups is 1. The average molecular weight is 311 g/mol. The molecule has 1 heterocycles. The third kappa shape index (κ3) is 3.11. The van der Waals surface area contributed by atoms with Gasteiger partial charge < -0.3 is 14.6 Å². The summed E-state index contributed by atoms with van der Waals surface area (Å²) in [7, 11) is 3.23.